The van der Waals surface area contributed by atoms with Crippen LogP contribution in [0.15, 0.2) is 10.9 Å². The van der Waals surface area contributed by atoms with Crippen molar-refractivity contribution < 1.29 is 18.3 Å². The molecule has 0 fully saturated rings. The quantitative estimate of drug-likeness (QED) is 0.757. The van der Waals surface area contributed by atoms with Gasteiger partial charge in [-0.2, -0.15) is 0 Å². The second-order valence-corrected chi connectivity index (χ2v) is 3.32. The van der Waals surface area contributed by atoms with Crippen LogP contribution in [-0.2, 0) is 22.5 Å². The zero-order valence-corrected chi connectivity index (χ0v) is 9.13. The molecule has 1 rings (SSSR count). The lowest BCUT2D eigenvalue weighted by Crippen LogP contribution is -2.21. The zero-order valence-electron chi connectivity index (χ0n) is 9.13. The average Bonchev–Trinajstić information content (AvgIpc) is 2.27. The van der Waals surface area contributed by atoms with Gasteiger partial charge < -0.3 is 15.5 Å². The van der Waals surface area contributed by atoms with Crippen molar-refractivity contribution in [2.24, 2.45) is 5.73 Å². The molecule has 1 heterocycles. The van der Waals surface area contributed by atoms with Crippen molar-refractivity contribution >= 4 is 5.97 Å². The molecule has 1 aromatic rings. The molecule has 0 spiro atoms. The second-order valence-electron chi connectivity index (χ2n) is 3.32. The second kappa shape index (κ2) is 5.53. The molecular formula is C10H12F2N2O3. The third-order valence-electron chi connectivity index (χ3n) is 2.21. The van der Waals surface area contributed by atoms with Crippen LogP contribution < -0.4 is 11.3 Å². The van der Waals surface area contributed by atoms with Crippen LogP contribution in [0.4, 0.5) is 8.78 Å². The van der Waals surface area contributed by atoms with Gasteiger partial charge >= 0.3 is 5.97 Å². The third-order valence-corrected chi connectivity index (χ3v) is 2.21. The maximum Gasteiger partial charge on any atom is 0.309 e. The summed E-state index contributed by atoms with van der Waals surface area (Å²) >= 11 is 0. The van der Waals surface area contributed by atoms with Gasteiger partial charge in [-0.15, -0.1) is 0 Å². The Morgan fingerprint density at radius 2 is 2.24 bits per heavy atom. The molecule has 0 saturated heterocycles. The van der Waals surface area contributed by atoms with Crippen LogP contribution in [0.1, 0.15) is 23.2 Å². The first kappa shape index (κ1) is 13.3. The normalized spacial score (nSPS) is 10.6. The van der Waals surface area contributed by atoms with Gasteiger partial charge in [-0.25, -0.2) is 8.78 Å². The number of hydrogen-bond acceptors (Lipinski definition) is 4. The Hall–Kier alpha value is -1.76. The van der Waals surface area contributed by atoms with Crippen LogP contribution >= 0.6 is 0 Å². The molecular weight excluding hydrogens is 234 g/mol. The minimum atomic E-state index is -2.95. The summed E-state index contributed by atoms with van der Waals surface area (Å²) in [6, 6.07) is 1.28. The maximum absolute atomic E-state index is 12.7. The van der Waals surface area contributed by atoms with Gasteiger partial charge in [0.15, 0.2) is 0 Å². The fourth-order valence-electron chi connectivity index (χ4n) is 1.41. The highest BCUT2D eigenvalue weighted by atomic mass is 19.3. The average molecular weight is 246 g/mol. The molecule has 17 heavy (non-hydrogen) atoms. The van der Waals surface area contributed by atoms with E-state index in [0.29, 0.717) is 5.69 Å². The molecule has 0 bridgehead atoms. The number of ether oxygens (including phenoxy) is 1. The summed E-state index contributed by atoms with van der Waals surface area (Å²) < 4.78 is 29.7. The number of rotatable bonds is 4. The number of aromatic nitrogens is 1. The predicted molar refractivity (Wildman–Crippen MR) is 55.6 cm³/mol. The van der Waals surface area contributed by atoms with E-state index in [1.54, 1.807) is 0 Å². The van der Waals surface area contributed by atoms with Gasteiger partial charge in [0.25, 0.3) is 12.0 Å². The summed E-state index contributed by atoms with van der Waals surface area (Å²) in [6.07, 6.45) is -3.34. The number of aromatic amines is 1. The summed E-state index contributed by atoms with van der Waals surface area (Å²) in [7, 11) is 1.14. The predicted octanol–water partition coefficient (Wildman–Crippen LogP) is 0.487. The van der Waals surface area contributed by atoms with Crippen molar-refractivity contribution in [1.29, 1.82) is 0 Å². The Morgan fingerprint density at radius 1 is 1.59 bits per heavy atom. The van der Waals surface area contributed by atoms with Crippen LogP contribution in [-0.4, -0.2) is 18.1 Å². The standard InChI is InChI=1S/C10H12F2N2O3/c1-17-7(15)3-5-2-6(4-13)14-10(16)8(5)9(11)12/h2,9H,3-4,13H2,1H3,(H,14,16). The molecule has 0 radical (unpaired) electrons. The SMILES string of the molecule is COC(=O)Cc1cc(CN)[nH]c(=O)c1C(F)F. The number of alkyl halides is 2. The number of esters is 1. The summed E-state index contributed by atoms with van der Waals surface area (Å²) in [4.78, 5) is 24.7. The van der Waals surface area contributed by atoms with Crippen molar-refractivity contribution in [1.82, 2.24) is 4.98 Å². The van der Waals surface area contributed by atoms with Crippen LogP contribution in [0.3, 0.4) is 0 Å². The molecule has 0 aromatic carbocycles. The molecule has 0 amide bonds. The van der Waals surface area contributed by atoms with E-state index in [1.807, 2.05) is 0 Å². The monoisotopic (exact) mass is 246 g/mol. The van der Waals surface area contributed by atoms with Gasteiger partial charge in [0.1, 0.15) is 0 Å². The van der Waals surface area contributed by atoms with E-state index in [9.17, 15) is 18.4 Å². The fraction of sp³-hybridized carbons (Fsp3) is 0.400. The zero-order chi connectivity index (χ0) is 13.0. The molecule has 5 nitrogen and oxygen atoms in total. The van der Waals surface area contributed by atoms with E-state index >= 15 is 0 Å². The Labute approximate surface area is 95.6 Å². The van der Waals surface area contributed by atoms with Gasteiger partial charge in [0.05, 0.1) is 19.1 Å². The van der Waals surface area contributed by atoms with Crippen molar-refractivity contribution in [3.63, 3.8) is 0 Å². The van der Waals surface area contributed by atoms with Gasteiger partial charge in [0.2, 0.25) is 0 Å². The molecule has 94 valence electrons. The highest BCUT2D eigenvalue weighted by Gasteiger charge is 2.20. The smallest absolute Gasteiger partial charge is 0.309 e. The minimum Gasteiger partial charge on any atom is -0.469 e. The van der Waals surface area contributed by atoms with Crippen molar-refractivity contribution in [3.8, 4) is 0 Å². The van der Waals surface area contributed by atoms with Gasteiger partial charge in [-0.3, -0.25) is 9.59 Å². The first-order chi connectivity index (χ1) is 7.99. The number of carbonyl (C=O) groups excluding carboxylic acids is 1. The van der Waals surface area contributed by atoms with E-state index in [0.717, 1.165) is 7.11 Å². The number of halogens is 2. The lowest BCUT2D eigenvalue weighted by molar-refractivity contribution is -0.139. The summed E-state index contributed by atoms with van der Waals surface area (Å²) in [5, 5.41) is 0. The van der Waals surface area contributed by atoms with E-state index in [4.69, 9.17) is 5.73 Å². The summed E-state index contributed by atoms with van der Waals surface area (Å²) in [5.74, 6) is -0.694. The molecule has 0 aliphatic heterocycles. The lowest BCUT2D eigenvalue weighted by Gasteiger charge is -2.09. The largest absolute Gasteiger partial charge is 0.469 e. The number of nitrogens with two attached hydrogens (primary N) is 1. The number of hydrogen-bond donors (Lipinski definition) is 2. The summed E-state index contributed by atoms with van der Waals surface area (Å²) in [5.41, 5.74) is 3.89. The molecule has 0 aliphatic rings. The van der Waals surface area contributed by atoms with Gasteiger partial charge in [0, 0.05) is 12.2 Å². The van der Waals surface area contributed by atoms with E-state index < -0.39 is 23.5 Å². The number of methoxy groups -OCH3 is 1. The number of nitrogens with one attached hydrogen (secondary N) is 1. The maximum atomic E-state index is 12.7. The Kier molecular flexibility index (Phi) is 4.33. The van der Waals surface area contributed by atoms with Crippen molar-refractivity contribution in [2.75, 3.05) is 7.11 Å². The molecule has 0 unspecified atom stereocenters. The number of H-pyrrole nitrogens is 1. The van der Waals surface area contributed by atoms with Crippen LogP contribution in [0, 0.1) is 0 Å². The first-order valence-electron chi connectivity index (χ1n) is 4.79. The van der Waals surface area contributed by atoms with E-state index in [2.05, 4.69) is 9.72 Å². The highest BCUT2D eigenvalue weighted by Crippen LogP contribution is 2.20. The van der Waals surface area contributed by atoms with Gasteiger partial charge in [-0.1, -0.05) is 0 Å². The number of carbonyl (C=O) groups is 1. The Bertz CT molecular complexity index is 471. The van der Waals surface area contributed by atoms with Crippen LogP contribution in [0.5, 0.6) is 0 Å². The third kappa shape index (κ3) is 3.10. The molecule has 0 saturated carbocycles. The van der Waals surface area contributed by atoms with Crippen LogP contribution in [0.25, 0.3) is 0 Å². The molecule has 0 atom stereocenters. The van der Waals surface area contributed by atoms with Crippen LogP contribution in [0.2, 0.25) is 0 Å². The van der Waals surface area contributed by atoms with E-state index in [1.165, 1.54) is 6.07 Å². The Morgan fingerprint density at radius 3 is 2.71 bits per heavy atom. The van der Waals surface area contributed by atoms with Gasteiger partial charge in [-0.05, 0) is 11.6 Å². The minimum absolute atomic E-state index is 0.00701. The molecule has 7 heteroatoms. The molecule has 0 aliphatic carbocycles. The highest BCUT2D eigenvalue weighted by molar-refractivity contribution is 5.72. The molecule has 1 aromatic heterocycles. The van der Waals surface area contributed by atoms with E-state index in [-0.39, 0.29) is 18.5 Å². The fourth-order valence-corrected chi connectivity index (χ4v) is 1.41. The number of pyridine rings is 1. The van der Waals surface area contributed by atoms with Crippen molar-refractivity contribution in [3.05, 3.63) is 33.2 Å². The topological polar surface area (TPSA) is 85.2 Å². The lowest BCUT2D eigenvalue weighted by atomic mass is 10.1. The Balaban J connectivity index is 3.27. The first-order valence-corrected chi connectivity index (χ1v) is 4.79. The molecule has 3 N–H and O–H groups in total. The van der Waals surface area contributed by atoms with Crippen molar-refractivity contribution in [2.45, 2.75) is 19.4 Å². The summed E-state index contributed by atoms with van der Waals surface area (Å²) in [6.45, 7) is -0.00701.